The Balaban J connectivity index is 1.39. The highest BCUT2D eigenvalue weighted by Gasteiger charge is 2.23. The van der Waals surface area contributed by atoms with E-state index >= 15 is 0 Å². The largest absolute Gasteiger partial charge is 0.484 e. The number of hydrogen-bond acceptors (Lipinski definition) is 4. The second kappa shape index (κ2) is 8.38. The van der Waals surface area contributed by atoms with Gasteiger partial charge in [-0.05, 0) is 55.2 Å². The zero-order valence-electron chi connectivity index (χ0n) is 14.5. The lowest BCUT2D eigenvalue weighted by Crippen LogP contribution is -2.30. The average molecular weight is 353 g/mol. The van der Waals surface area contributed by atoms with Crippen molar-refractivity contribution in [1.29, 1.82) is 0 Å². The Bertz CT molecular complexity index is 770. The van der Waals surface area contributed by atoms with E-state index in [9.17, 15) is 9.59 Å². The molecule has 0 aromatic heterocycles. The molecule has 0 bridgehead atoms. The van der Waals surface area contributed by atoms with Crippen molar-refractivity contribution < 1.29 is 14.3 Å². The van der Waals surface area contributed by atoms with Gasteiger partial charge < -0.3 is 21.1 Å². The Kier molecular flexibility index (Phi) is 5.73. The monoisotopic (exact) mass is 353 g/mol. The Morgan fingerprint density at radius 3 is 2.58 bits per heavy atom. The number of carbonyl (C=O) groups excluding carboxylic acids is 2. The van der Waals surface area contributed by atoms with Crippen LogP contribution in [0.1, 0.15) is 28.8 Å². The maximum absolute atomic E-state index is 12.0. The summed E-state index contributed by atoms with van der Waals surface area (Å²) < 4.78 is 5.47. The highest BCUT2D eigenvalue weighted by atomic mass is 16.5. The van der Waals surface area contributed by atoms with Crippen LogP contribution in [0, 0.1) is 0 Å². The summed E-state index contributed by atoms with van der Waals surface area (Å²) in [6.45, 7) is 0.559. The Labute approximate surface area is 152 Å². The number of nitrogens with one attached hydrogen (secondary N) is 2. The number of hydrogen-bond donors (Lipinski definition) is 3. The summed E-state index contributed by atoms with van der Waals surface area (Å²) in [5, 5.41) is 5.75. The molecule has 6 nitrogen and oxygen atoms in total. The van der Waals surface area contributed by atoms with Gasteiger partial charge in [-0.25, -0.2) is 0 Å². The summed E-state index contributed by atoms with van der Waals surface area (Å²) in [7, 11) is 0. The molecule has 3 rings (SSSR count). The van der Waals surface area contributed by atoms with Crippen LogP contribution in [-0.2, 0) is 11.2 Å². The van der Waals surface area contributed by atoms with Gasteiger partial charge in [0.1, 0.15) is 5.75 Å². The van der Waals surface area contributed by atoms with Crippen molar-refractivity contribution in [2.75, 3.05) is 18.9 Å². The van der Waals surface area contributed by atoms with Gasteiger partial charge in [0, 0.05) is 23.8 Å². The molecule has 26 heavy (non-hydrogen) atoms. The van der Waals surface area contributed by atoms with E-state index in [1.165, 1.54) is 0 Å². The minimum absolute atomic E-state index is 0.0338. The molecule has 1 aliphatic carbocycles. The van der Waals surface area contributed by atoms with Crippen molar-refractivity contribution in [3.63, 3.8) is 0 Å². The highest BCUT2D eigenvalue weighted by Crippen LogP contribution is 2.18. The van der Waals surface area contributed by atoms with E-state index in [2.05, 4.69) is 10.6 Å². The molecular formula is C20H23N3O3. The van der Waals surface area contributed by atoms with E-state index in [0.29, 0.717) is 36.0 Å². The van der Waals surface area contributed by atoms with E-state index in [0.717, 1.165) is 18.4 Å². The fraction of sp³-hybridized carbons (Fsp3) is 0.300. The summed E-state index contributed by atoms with van der Waals surface area (Å²) in [4.78, 5) is 23.6. The van der Waals surface area contributed by atoms with Crippen LogP contribution in [0.2, 0.25) is 0 Å². The SMILES string of the molecule is Nc1cccc(C(=O)NCCc2ccc(OCC(=O)NC3CC3)cc2)c1. The van der Waals surface area contributed by atoms with Gasteiger partial charge in [-0.15, -0.1) is 0 Å². The maximum atomic E-state index is 12.0. The molecule has 0 aliphatic heterocycles. The predicted octanol–water partition coefficient (Wildman–Crippen LogP) is 1.90. The third kappa shape index (κ3) is 5.51. The Hall–Kier alpha value is -3.02. The summed E-state index contributed by atoms with van der Waals surface area (Å²) in [5.74, 6) is 0.434. The second-order valence-electron chi connectivity index (χ2n) is 6.41. The van der Waals surface area contributed by atoms with Crippen LogP contribution < -0.4 is 21.1 Å². The van der Waals surface area contributed by atoms with Gasteiger partial charge in [-0.2, -0.15) is 0 Å². The van der Waals surface area contributed by atoms with E-state index in [-0.39, 0.29) is 18.4 Å². The first-order chi connectivity index (χ1) is 12.6. The minimum atomic E-state index is -0.140. The summed E-state index contributed by atoms with van der Waals surface area (Å²) in [6, 6.07) is 14.8. The molecule has 1 fully saturated rings. The molecule has 2 aromatic rings. The van der Waals surface area contributed by atoms with Crippen molar-refractivity contribution in [3.8, 4) is 5.75 Å². The maximum Gasteiger partial charge on any atom is 0.258 e. The van der Waals surface area contributed by atoms with Crippen molar-refractivity contribution in [1.82, 2.24) is 10.6 Å². The van der Waals surface area contributed by atoms with Crippen LogP contribution in [0.4, 0.5) is 5.69 Å². The van der Waals surface area contributed by atoms with Crippen LogP contribution in [0.3, 0.4) is 0 Å². The van der Waals surface area contributed by atoms with Crippen molar-refractivity contribution >= 4 is 17.5 Å². The van der Waals surface area contributed by atoms with E-state index in [1.807, 2.05) is 24.3 Å². The molecule has 0 radical (unpaired) electrons. The van der Waals surface area contributed by atoms with Gasteiger partial charge in [-0.3, -0.25) is 9.59 Å². The lowest BCUT2D eigenvalue weighted by atomic mass is 10.1. The minimum Gasteiger partial charge on any atom is -0.484 e. The van der Waals surface area contributed by atoms with Crippen LogP contribution >= 0.6 is 0 Å². The molecule has 0 atom stereocenters. The number of nitrogens with two attached hydrogens (primary N) is 1. The first-order valence-electron chi connectivity index (χ1n) is 8.75. The van der Waals surface area contributed by atoms with E-state index in [4.69, 9.17) is 10.5 Å². The first kappa shape index (κ1) is 17.8. The third-order valence-corrected chi connectivity index (χ3v) is 4.08. The number of benzene rings is 2. The van der Waals surface area contributed by atoms with Gasteiger partial charge in [-0.1, -0.05) is 18.2 Å². The summed E-state index contributed by atoms with van der Waals surface area (Å²) in [6.07, 6.45) is 2.83. The van der Waals surface area contributed by atoms with Crippen LogP contribution in [0.25, 0.3) is 0 Å². The lowest BCUT2D eigenvalue weighted by molar-refractivity contribution is -0.123. The quantitative estimate of drug-likeness (QED) is 0.632. The fourth-order valence-electron chi connectivity index (χ4n) is 2.50. The van der Waals surface area contributed by atoms with Gasteiger partial charge in [0.25, 0.3) is 11.8 Å². The zero-order chi connectivity index (χ0) is 18.4. The predicted molar refractivity (Wildman–Crippen MR) is 100.0 cm³/mol. The lowest BCUT2D eigenvalue weighted by Gasteiger charge is -2.08. The normalized spacial score (nSPS) is 13.1. The molecule has 0 saturated heterocycles. The number of ether oxygens (including phenoxy) is 1. The van der Waals surface area contributed by atoms with Gasteiger partial charge in [0.15, 0.2) is 6.61 Å². The van der Waals surface area contributed by atoms with Crippen LogP contribution in [-0.4, -0.2) is 31.0 Å². The Morgan fingerprint density at radius 1 is 1.12 bits per heavy atom. The molecular weight excluding hydrogens is 330 g/mol. The fourth-order valence-corrected chi connectivity index (χ4v) is 2.50. The molecule has 1 aliphatic rings. The summed E-state index contributed by atoms with van der Waals surface area (Å²) >= 11 is 0. The molecule has 6 heteroatoms. The van der Waals surface area contributed by atoms with Gasteiger partial charge in [0.2, 0.25) is 0 Å². The molecule has 0 spiro atoms. The molecule has 2 aromatic carbocycles. The second-order valence-corrected chi connectivity index (χ2v) is 6.41. The average Bonchev–Trinajstić information content (AvgIpc) is 3.45. The number of carbonyl (C=O) groups is 2. The Morgan fingerprint density at radius 2 is 1.88 bits per heavy atom. The third-order valence-electron chi connectivity index (χ3n) is 4.08. The molecule has 0 heterocycles. The molecule has 4 N–H and O–H groups in total. The number of rotatable bonds is 8. The number of anilines is 1. The van der Waals surface area contributed by atoms with E-state index < -0.39 is 0 Å². The number of amides is 2. The number of nitrogen functional groups attached to an aromatic ring is 1. The smallest absolute Gasteiger partial charge is 0.258 e. The standard InChI is InChI=1S/C20H23N3O3/c21-16-3-1-2-15(12-16)20(25)22-11-10-14-4-8-18(9-5-14)26-13-19(24)23-17-6-7-17/h1-5,8-9,12,17H,6-7,10-11,13,21H2,(H,22,25)(H,23,24). The first-order valence-corrected chi connectivity index (χ1v) is 8.75. The molecule has 1 saturated carbocycles. The van der Waals surface area contributed by atoms with Crippen molar-refractivity contribution in [3.05, 3.63) is 59.7 Å². The highest BCUT2D eigenvalue weighted by molar-refractivity contribution is 5.94. The van der Waals surface area contributed by atoms with Crippen molar-refractivity contribution in [2.45, 2.75) is 25.3 Å². The molecule has 2 amide bonds. The van der Waals surface area contributed by atoms with E-state index in [1.54, 1.807) is 24.3 Å². The topological polar surface area (TPSA) is 93.5 Å². The van der Waals surface area contributed by atoms with Gasteiger partial charge in [0.05, 0.1) is 0 Å². The zero-order valence-corrected chi connectivity index (χ0v) is 14.5. The molecule has 136 valence electrons. The van der Waals surface area contributed by atoms with Crippen LogP contribution in [0.5, 0.6) is 5.75 Å². The van der Waals surface area contributed by atoms with Crippen LogP contribution in [0.15, 0.2) is 48.5 Å². The van der Waals surface area contributed by atoms with Crippen molar-refractivity contribution in [2.24, 2.45) is 0 Å². The summed E-state index contributed by atoms with van der Waals surface area (Å²) in [5.41, 5.74) is 7.88. The molecule has 0 unspecified atom stereocenters. The van der Waals surface area contributed by atoms with Gasteiger partial charge >= 0.3 is 0 Å².